The van der Waals surface area contributed by atoms with Crippen molar-refractivity contribution in [3.63, 3.8) is 0 Å². The van der Waals surface area contributed by atoms with Gasteiger partial charge in [-0.3, -0.25) is 0 Å². The quantitative estimate of drug-likeness (QED) is 0.924. The van der Waals surface area contributed by atoms with Crippen LogP contribution in [0.15, 0.2) is 36.4 Å². The van der Waals surface area contributed by atoms with Crippen LogP contribution in [0.5, 0.6) is 0 Å². The standard InChI is InChI=1S/C16H20N4/c1-13-12-15(20-10-6-3-7-11-20)19-16(17-13)18-14-8-4-2-5-9-14/h2,4-5,8-9,12H,3,6-7,10-11H2,1H3,(H,17,18,19). The summed E-state index contributed by atoms with van der Waals surface area (Å²) in [6.45, 7) is 4.22. The second-order valence-electron chi connectivity index (χ2n) is 5.23. The van der Waals surface area contributed by atoms with E-state index in [1.54, 1.807) is 0 Å². The van der Waals surface area contributed by atoms with E-state index in [4.69, 9.17) is 0 Å². The molecule has 1 aromatic heterocycles. The highest BCUT2D eigenvalue weighted by Gasteiger charge is 2.13. The summed E-state index contributed by atoms with van der Waals surface area (Å²) in [5, 5.41) is 3.28. The third-order valence-corrected chi connectivity index (χ3v) is 3.55. The molecular weight excluding hydrogens is 248 g/mol. The molecule has 0 bridgehead atoms. The number of aryl methyl sites for hydroxylation is 1. The molecule has 4 nitrogen and oxygen atoms in total. The Morgan fingerprint density at radius 3 is 2.50 bits per heavy atom. The number of piperidine rings is 1. The number of hydrogen-bond acceptors (Lipinski definition) is 4. The van der Waals surface area contributed by atoms with Gasteiger partial charge in [-0.1, -0.05) is 18.2 Å². The van der Waals surface area contributed by atoms with Crippen molar-refractivity contribution in [3.05, 3.63) is 42.1 Å². The Labute approximate surface area is 119 Å². The summed E-state index contributed by atoms with van der Waals surface area (Å²) in [6.07, 6.45) is 3.84. The molecule has 0 saturated carbocycles. The first-order valence-electron chi connectivity index (χ1n) is 7.24. The minimum Gasteiger partial charge on any atom is -0.356 e. The zero-order chi connectivity index (χ0) is 13.8. The molecule has 1 aromatic carbocycles. The smallest absolute Gasteiger partial charge is 0.229 e. The van der Waals surface area contributed by atoms with Crippen LogP contribution in [0.2, 0.25) is 0 Å². The van der Waals surface area contributed by atoms with E-state index in [2.05, 4.69) is 26.3 Å². The fourth-order valence-electron chi connectivity index (χ4n) is 2.54. The molecule has 0 amide bonds. The highest BCUT2D eigenvalue weighted by molar-refractivity contribution is 5.55. The number of para-hydroxylation sites is 1. The largest absolute Gasteiger partial charge is 0.356 e. The molecule has 0 aliphatic carbocycles. The van der Waals surface area contributed by atoms with Crippen LogP contribution < -0.4 is 10.2 Å². The van der Waals surface area contributed by atoms with Gasteiger partial charge in [0.25, 0.3) is 0 Å². The molecule has 0 atom stereocenters. The summed E-state index contributed by atoms with van der Waals surface area (Å²) in [7, 11) is 0. The monoisotopic (exact) mass is 268 g/mol. The average Bonchev–Trinajstić information content (AvgIpc) is 2.49. The van der Waals surface area contributed by atoms with Crippen LogP contribution in [0.4, 0.5) is 17.5 Å². The summed E-state index contributed by atoms with van der Waals surface area (Å²) in [6, 6.07) is 12.1. The minimum atomic E-state index is 0.678. The van der Waals surface area contributed by atoms with Crippen molar-refractivity contribution in [1.82, 2.24) is 9.97 Å². The molecule has 2 heterocycles. The third kappa shape index (κ3) is 3.07. The minimum absolute atomic E-state index is 0.678. The van der Waals surface area contributed by atoms with Crippen molar-refractivity contribution in [1.29, 1.82) is 0 Å². The van der Waals surface area contributed by atoms with Gasteiger partial charge < -0.3 is 10.2 Å². The lowest BCUT2D eigenvalue weighted by atomic mass is 10.1. The number of hydrogen-bond donors (Lipinski definition) is 1. The molecular formula is C16H20N4. The van der Waals surface area contributed by atoms with Crippen molar-refractivity contribution in [2.75, 3.05) is 23.3 Å². The van der Waals surface area contributed by atoms with E-state index in [0.717, 1.165) is 30.3 Å². The van der Waals surface area contributed by atoms with Gasteiger partial charge in [0.1, 0.15) is 5.82 Å². The van der Waals surface area contributed by atoms with Crippen LogP contribution in [0, 0.1) is 6.92 Å². The van der Waals surface area contributed by atoms with E-state index in [-0.39, 0.29) is 0 Å². The van der Waals surface area contributed by atoms with Gasteiger partial charge in [0.2, 0.25) is 5.95 Å². The first-order chi connectivity index (χ1) is 9.81. The number of benzene rings is 1. The maximum atomic E-state index is 4.66. The predicted octanol–water partition coefficient (Wildman–Crippen LogP) is 3.52. The number of rotatable bonds is 3. The zero-order valence-corrected chi connectivity index (χ0v) is 11.8. The molecule has 0 radical (unpaired) electrons. The Morgan fingerprint density at radius 1 is 1.00 bits per heavy atom. The zero-order valence-electron chi connectivity index (χ0n) is 11.8. The summed E-state index contributed by atoms with van der Waals surface area (Å²) >= 11 is 0. The Bertz CT molecular complexity index is 562. The number of anilines is 3. The molecule has 1 aliphatic heterocycles. The predicted molar refractivity (Wildman–Crippen MR) is 82.6 cm³/mol. The van der Waals surface area contributed by atoms with Crippen LogP contribution >= 0.6 is 0 Å². The Hall–Kier alpha value is -2.10. The van der Waals surface area contributed by atoms with Gasteiger partial charge in [0, 0.05) is 30.5 Å². The number of nitrogens with zero attached hydrogens (tertiary/aromatic N) is 3. The van der Waals surface area contributed by atoms with Crippen LogP contribution in [0.3, 0.4) is 0 Å². The lowest BCUT2D eigenvalue weighted by Gasteiger charge is -2.28. The van der Waals surface area contributed by atoms with Crippen LogP contribution in [-0.4, -0.2) is 23.1 Å². The summed E-state index contributed by atoms with van der Waals surface area (Å²) in [4.78, 5) is 11.5. The maximum Gasteiger partial charge on any atom is 0.229 e. The van der Waals surface area contributed by atoms with E-state index in [1.165, 1.54) is 19.3 Å². The van der Waals surface area contributed by atoms with E-state index in [9.17, 15) is 0 Å². The van der Waals surface area contributed by atoms with Gasteiger partial charge in [-0.15, -0.1) is 0 Å². The molecule has 1 saturated heterocycles. The highest BCUT2D eigenvalue weighted by Crippen LogP contribution is 2.21. The molecule has 104 valence electrons. The van der Waals surface area contributed by atoms with Crippen molar-refractivity contribution in [2.24, 2.45) is 0 Å². The van der Waals surface area contributed by atoms with Gasteiger partial charge in [0.15, 0.2) is 0 Å². The molecule has 1 fully saturated rings. The topological polar surface area (TPSA) is 41.1 Å². The van der Waals surface area contributed by atoms with Crippen molar-refractivity contribution in [3.8, 4) is 0 Å². The van der Waals surface area contributed by atoms with Crippen molar-refractivity contribution < 1.29 is 0 Å². The molecule has 2 aromatic rings. The van der Waals surface area contributed by atoms with Crippen LogP contribution in [-0.2, 0) is 0 Å². The normalized spacial score (nSPS) is 15.2. The summed E-state index contributed by atoms with van der Waals surface area (Å²) in [5.41, 5.74) is 2.02. The molecule has 1 N–H and O–H groups in total. The average molecular weight is 268 g/mol. The van der Waals surface area contributed by atoms with E-state index < -0.39 is 0 Å². The lowest BCUT2D eigenvalue weighted by molar-refractivity contribution is 0.573. The second-order valence-corrected chi connectivity index (χ2v) is 5.23. The van der Waals surface area contributed by atoms with E-state index in [1.807, 2.05) is 37.3 Å². The SMILES string of the molecule is Cc1cc(N2CCCCC2)nc(Nc2ccccc2)n1. The van der Waals surface area contributed by atoms with Crippen LogP contribution in [0.1, 0.15) is 25.0 Å². The van der Waals surface area contributed by atoms with Gasteiger partial charge in [-0.05, 0) is 38.3 Å². The Balaban J connectivity index is 1.82. The number of aromatic nitrogens is 2. The fourth-order valence-corrected chi connectivity index (χ4v) is 2.54. The van der Waals surface area contributed by atoms with Gasteiger partial charge >= 0.3 is 0 Å². The van der Waals surface area contributed by atoms with Crippen molar-refractivity contribution >= 4 is 17.5 Å². The Kier molecular flexibility index (Phi) is 3.81. The molecule has 4 heteroatoms. The van der Waals surface area contributed by atoms with Gasteiger partial charge in [0.05, 0.1) is 0 Å². The first-order valence-corrected chi connectivity index (χ1v) is 7.24. The molecule has 20 heavy (non-hydrogen) atoms. The maximum absolute atomic E-state index is 4.66. The first kappa shape index (κ1) is 12.9. The van der Waals surface area contributed by atoms with Gasteiger partial charge in [-0.2, -0.15) is 4.98 Å². The molecule has 1 aliphatic rings. The Morgan fingerprint density at radius 2 is 1.75 bits per heavy atom. The second kappa shape index (κ2) is 5.90. The van der Waals surface area contributed by atoms with Crippen LogP contribution in [0.25, 0.3) is 0 Å². The molecule has 0 spiro atoms. The summed E-state index contributed by atoms with van der Waals surface area (Å²) < 4.78 is 0. The highest BCUT2D eigenvalue weighted by atomic mass is 15.2. The molecule has 0 unspecified atom stereocenters. The van der Waals surface area contributed by atoms with Crippen molar-refractivity contribution in [2.45, 2.75) is 26.2 Å². The summed E-state index contributed by atoms with van der Waals surface area (Å²) in [5.74, 6) is 1.72. The number of nitrogens with one attached hydrogen (secondary N) is 1. The third-order valence-electron chi connectivity index (χ3n) is 3.55. The van der Waals surface area contributed by atoms with E-state index in [0.29, 0.717) is 5.95 Å². The molecule has 3 rings (SSSR count). The van der Waals surface area contributed by atoms with E-state index >= 15 is 0 Å². The van der Waals surface area contributed by atoms with Gasteiger partial charge in [-0.25, -0.2) is 4.98 Å². The fraction of sp³-hybridized carbons (Fsp3) is 0.375. The lowest BCUT2D eigenvalue weighted by Crippen LogP contribution is -2.30.